The first-order valence-corrected chi connectivity index (χ1v) is 14.3. The molecule has 0 fully saturated rings. The molecule has 4 nitrogen and oxygen atoms in total. The quantitative estimate of drug-likeness (QED) is 0.135. The second-order valence-electron chi connectivity index (χ2n) is 8.00. The van der Waals surface area contributed by atoms with E-state index in [0.29, 0.717) is 5.75 Å². The van der Waals surface area contributed by atoms with Gasteiger partial charge in [0.2, 0.25) is 5.91 Å². The van der Waals surface area contributed by atoms with Gasteiger partial charge in [0.1, 0.15) is 6.04 Å². The Morgan fingerprint density at radius 3 is 1.52 bits per heavy atom. The van der Waals surface area contributed by atoms with E-state index in [1.54, 1.807) is 21.6 Å². The fourth-order valence-corrected chi connectivity index (χ4v) is 5.61. The van der Waals surface area contributed by atoms with Crippen LogP contribution >= 0.6 is 21.6 Å². The standard InChI is InChI=1S/C23H45NO3S2/c1-3-4-5-6-7-8-9-10-11-12-13-14-15-16-17-18-19-28-29-20-22(23(26)27)24-21(2)25/h22H,3-20H2,1-2H3,(H,24,25)(H,26,27)/t22-/m0/s1. The summed E-state index contributed by atoms with van der Waals surface area (Å²) in [4.78, 5) is 22.0. The minimum Gasteiger partial charge on any atom is -0.480 e. The lowest BCUT2D eigenvalue weighted by molar-refractivity contribution is -0.140. The van der Waals surface area contributed by atoms with Crippen molar-refractivity contribution in [2.45, 2.75) is 123 Å². The summed E-state index contributed by atoms with van der Waals surface area (Å²) in [5, 5.41) is 11.5. The molecule has 0 aromatic rings. The third-order valence-corrected chi connectivity index (χ3v) is 7.57. The minimum absolute atomic E-state index is 0.291. The van der Waals surface area contributed by atoms with Gasteiger partial charge in [-0.3, -0.25) is 4.79 Å². The Hall–Kier alpha value is -0.360. The van der Waals surface area contributed by atoms with Gasteiger partial charge in [-0.2, -0.15) is 0 Å². The molecule has 0 radical (unpaired) electrons. The largest absolute Gasteiger partial charge is 0.480 e. The van der Waals surface area contributed by atoms with Crippen molar-refractivity contribution in [1.29, 1.82) is 0 Å². The topological polar surface area (TPSA) is 66.4 Å². The predicted octanol–water partition coefficient (Wildman–Crippen LogP) is 7.22. The third-order valence-electron chi connectivity index (χ3n) is 5.07. The second-order valence-corrected chi connectivity index (χ2v) is 10.6. The molecule has 0 unspecified atom stereocenters. The van der Waals surface area contributed by atoms with Crippen LogP contribution in [0.1, 0.15) is 117 Å². The van der Waals surface area contributed by atoms with Crippen LogP contribution in [0.5, 0.6) is 0 Å². The molecule has 1 amide bonds. The highest BCUT2D eigenvalue weighted by Gasteiger charge is 2.17. The molecular weight excluding hydrogens is 402 g/mol. The molecule has 0 saturated carbocycles. The SMILES string of the molecule is CCCCCCCCCCCCCCCCCCSSC[C@H](NC(C)=O)C(=O)O. The molecule has 0 aliphatic rings. The Morgan fingerprint density at radius 2 is 1.14 bits per heavy atom. The fraction of sp³-hybridized carbons (Fsp3) is 0.913. The van der Waals surface area contributed by atoms with Crippen molar-refractivity contribution in [2.24, 2.45) is 0 Å². The van der Waals surface area contributed by atoms with Gasteiger partial charge in [0.25, 0.3) is 0 Å². The van der Waals surface area contributed by atoms with E-state index in [-0.39, 0.29) is 5.91 Å². The number of carboxylic acid groups (broad SMARTS) is 1. The number of hydrogen-bond acceptors (Lipinski definition) is 4. The van der Waals surface area contributed by atoms with Crippen molar-refractivity contribution < 1.29 is 14.7 Å². The van der Waals surface area contributed by atoms with E-state index in [4.69, 9.17) is 5.11 Å². The minimum atomic E-state index is -0.962. The van der Waals surface area contributed by atoms with Crippen molar-refractivity contribution in [3.8, 4) is 0 Å². The molecule has 172 valence electrons. The van der Waals surface area contributed by atoms with Crippen LogP contribution in [0.15, 0.2) is 0 Å². The molecule has 0 aromatic heterocycles. The highest BCUT2D eigenvalue weighted by molar-refractivity contribution is 8.76. The maximum atomic E-state index is 11.0. The van der Waals surface area contributed by atoms with Crippen LogP contribution in [0, 0.1) is 0 Å². The summed E-state index contributed by atoms with van der Waals surface area (Å²) in [6.07, 6.45) is 22.0. The molecule has 0 aliphatic carbocycles. The van der Waals surface area contributed by atoms with Gasteiger partial charge >= 0.3 is 5.97 Å². The van der Waals surface area contributed by atoms with Crippen molar-refractivity contribution >= 4 is 33.5 Å². The lowest BCUT2D eigenvalue weighted by Gasteiger charge is -2.12. The van der Waals surface area contributed by atoms with Gasteiger partial charge in [-0.1, -0.05) is 125 Å². The summed E-state index contributed by atoms with van der Waals surface area (Å²) in [5.74, 6) is 0.213. The first kappa shape index (κ1) is 28.6. The van der Waals surface area contributed by atoms with Crippen molar-refractivity contribution in [2.75, 3.05) is 11.5 Å². The van der Waals surface area contributed by atoms with E-state index in [2.05, 4.69) is 12.2 Å². The number of carboxylic acids is 1. The van der Waals surface area contributed by atoms with Gasteiger partial charge in [-0.25, -0.2) is 4.79 Å². The molecule has 1 atom stereocenters. The monoisotopic (exact) mass is 447 g/mol. The number of aliphatic carboxylic acids is 1. The van der Waals surface area contributed by atoms with E-state index in [1.807, 2.05) is 0 Å². The number of rotatable bonds is 22. The zero-order chi connectivity index (χ0) is 21.6. The molecule has 29 heavy (non-hydrogen) atoms. The fourth-order valence-electron chi connectivity index (χ4n) is 3.30. The Balaban J connectivity index is 3.22. The van der Waals surface area contributed by atoms with Gasteiger partial charge in [0.05, 0.1) is 0 Å². The maximum Gasteiger partial charge on any atom is 0.327 e. The summed E-state index contributed by atoms with van der Waals surface area (Å²) in [6.45, 7) is 3.63. The molecular formula is C23H45NO3S2. The average molecular weight is 448 g/mol. The lowest BCUT2D eigenvalue weighted by atomic mass is 10.0. The second kappa shape index (κ2) is 22.3. The number of carbonyl (C=O) groups is 2. The zero-order valence-electron chi connectivity index (χ0n) is 18.9. The Labute approximate surface area is 187 Å². The normalized spacial score (nSPS) is 12.1. The zero-order valence-corrected chi connectivity index (χ0v) is 20.5. The number of nitrogens with one attached hydrogen (secondary N) is 1. The molecule has 2 N–H and O–H groups in total. The van der Waals surface area contributed by atoms with Gasteiger partial charge < -0.3 is 10.4 Å². The van der Waals surface area contributed by atoms with Gasteiger partial charge in [0, 0.05) is 18.4 Å². The molecule has 0 rings (SSSR count). The van der Waals surface area contributed by atoms with Crippen LogP contribution in [0.25, 0.3) is 0 Å². The van der Waals surface area contributed by atoms with Crippen molar-refractivity contribution in [3.63, 3.8) is 0 Å². The van der Waals surface area contributed by atoms with Crippen LogP contribution in [-0.4, -0.2) is 34.5 Å². The molecule has 0 bridgehead atoms. The smallest absolute Gasteiger partial charge is 0.327 e. The number of amides is 1. The van der Waals surface area contributed by atoms with Crippen LogP contribution in [0.2, 0.25) is 0 Å². The van der Waals surface area contributed by atoms with E-state index in [0.717, 1.165) is 5.75 Å². The van der Waals surface area contributed by atoms with E-state index in [1.165, 1.54) is 110 Å². The third kappa shape index (κ3) is 22.2. The Kier molecular flexibility index (Phi) is 22.1. The van der Waals surface area contributed by atoms with Crippen LogP contribution in [0.3, 0.4) is 0 Å². The van der Waals surface area contributed by atoms with E-state index < -0.39 is 12.0 Å². The highest BCUT2D eigenvalue weighted by Crippen LogP contribution is 2.24. The summed E-state index contributed by atoms with van der Waals surface area (Å²) in [7, 11) is 3.25. The van der Waals surface area contributed by atoms with Gasteiger partial charge in [-0.15, -0.1) is 0 Å². The van der Waals surface area contributed by atoms with Crippen molar-refractivity contribution in [1.82, 2.24) is 5.32 Å². The van der Waals surface area contributed by atoms with Crippen molar-refractivity contribution in [3.05, 3.63) is 0 Å². The summed E-state index contributed by atoms with van der Waals surface area (Å²) in [6, 6.07) is -0.782. The van der Waals surface area contributed by atoms with Gasteiger partial charge in [0.15, 0.2) is 0 Å². The molecule has 0 aromatic carbocycles. The first-order valence-electron chi connectivity index (χ1n) is 11.8. The highest BCUT2D eigenvalue weighted by atomic mass is 33.1. The molecule has 0 heterocycles. The first-order chi connectivity index (χ1) is 14.1. The van der Waals surface area contributed by atoms with Crippen LogP contribution in [-0.2, 0) is 9.59 Å². The van der Waals surface area contributed by atoms with Gasteiger partial charge in [-0.05, 0) is 6.42 Å². The summed E-state index contributed by atoms with van der Waals surface area (Å²) in [5.41, 5.74) is 0. The number of unbranched alkanes of at least 4 members (excludes halogenated alkanes) is 15. The molecule has 6 heteroatoms. The summed E-state index contributed by atoms with van der Waals surface area (Å²) >= 11 is 0. The molecule has 0 saturated heterocycles. The Morgan fingerprint density at radius 1 is 0.724 bits per heavy atom. The number of hydrogen-bond donors (Lipinski definition) is 2. The molecule has 0 spiro atoms. The number of carbonyl (C=O) groups excluding carboxylic acids is 1. The van der Waals surface area contributed by atoms with Crippen LogP contribution in [0.4, 0.5) is 0 Å². The van der Waals surface area contributed by atoms with E-state index >= 15 is 0 Å². The predicted molar refractivity (Wildman–Crippen MR) is 130 cm³/mol. The lowest BCUT2D eigenvalue weighted by Crippen LogP contribution is -2.41. The summed E-state index contributed by atoms with van der Waals surface area (Å²) < 4.78 is 0. The molecule has 0 aliphatic heterocycles. The average Bonchev–Trinajstić information content (AvgIpc) is 2.68. The maximum absolute atomic E-state index is 11.0. The Bertz CT molecular complexity index is 394. The van der Waals surface area contributed by atoms with Crippen LogP contribution < -0.4 is 5.32 Å². The van der Waals surface area contributed by atoms with E-state index in [9.17, 15) is 9.59 Å².